The summed E-state index contributed by atoms with van der Waals surface area (Å²) in [7, 11) is 1.70. The Balaban J connectivity index is 0.000000203. The number of hydrogen-bond donors (Lipinski definition) is 3. The van der Waals surface area contributed by atoms with Gasteiger partial charge in [-0.15, -0.1) is 0 Å². The first-order chi connectivity index (χ1) is 13.5. The molecular weight excluding hydrogens is 403 g/mol. The highest BCUT2D eigenvalue weighted by Gasteiger charge is 2.05. The van der Waals surface area contributed by atoms with Gasteiger partial charge in [-0.1, -0.05) is 35.3 Å². The number of aliphatic carboxylic acids is 1. The summed E-state index contributed by atoms with van der Waals surface area (Å²) in [5, 5.41) is 15.6. The minimum Gasteiger partial charge on any atom is -0.497 e. The largest absolute Gasteiger partial charge is 0.497 e. The first kappa shape index (κ1) is 21.9. The minimum atomic E-state index is -1.05. The van der Waals surface area contributed by atoms with Crippen LogP contribution in [0.15, 0.2) is 54.2 Å². The zero-order valence-corrected chi connectivity index (χ0v) is 16.9. The van der Waals surface area contributed by atoms with E-state index in [-0.39, 0.29) is 0 Å². The molecule has 28 heavy (non-hydrogen) atoms. The molecule has 0 atom stereocenters. The van der Waals surface area contributed by atoms with Gasteiger partial charge in [0.15, 0.2) is 6.61 Å². The van der Waals surface area contributed by atoms with Crippen molar-refractivity contribution >= 4 is 29.2 Å². The Morgan fingerprint density at radius 2 is 2.04 bits per heavy atom. The molecule has 0 fully saturated rings. The standard InChI is InChI=1S/C12H16N2O.C8H6Cl2O3/c1-15-12-4-2-3-10(6-12)5-11-7-13-9-14-8-11;9-5-1-2-7(6(10)3-5)13-4-8(11)12/h2-4,6-7,13-14H,5,8-9H2,1H3;1-3H,4H2,(H,11,12). The van der Waals surface area contributed by atoms with E-state index in [1.54, 1.807) is 13.2 Å². The second kappa shape index (κ2) is 11.4. The number of ether oxygens (including phenoxy) is 2. The van der Waals surface area contributed by atoms with Gasteiger partial charge in [0.05, 0.1) is 18.8 Å². The first-order valence-corrected chi connectivity index (χ1v) is 9.28. The van der Waals surface area contributed by atoms with Crippen molar-refractivity contribution in [3.05, 3.63) is 69.8 Å². The van der Waals surface area contributed by atoms with Crippen LogP contribution in [0.4, 0.5) is 0 Å². The molecular formula is C20H22Cl2N2O4. The fourth-order valence-corrected chi connectivity index (χ4v) is 2.89. The lowest BCUT2D eigenvalue weighted by Crippen LogP contribution is -2.33. The summed E-state index contributed by atoms with van der Waals surface area (Å²) in [6.07, 6.45) is 3.06. The average Bonchev–Trinajstić information content (AvgIpc) is 2.68. The Kier molecular flexibility index (Phi) is 8.94. The van der Waals surface area contributed by atoms with Crippen LogP contribution < -0.4 is 20.1 Å². The molecule has 0 radical (unpaired) electrons. The van der Waals surface area contributed by atoms with Gasteiger partial charge in [0.25, 0.3) is 0 Å². The first-order valence-electron chi connectivity index (χ1n) is 8.52. The third kappa shape index (κ3) is 7.68. The predicted octanol–water partition coefficient (Wildman–Crippen LogP) is 3.73. The maximum atomic E-state index is 10.2. The van der Waals surface area contributed by atoms with E-state index in [1.165, 1.54) is 23.3 Å². The van der Waals surface area contributed by atoms with Crippen molar-refractivity contribution in [3.8, 4) is 11.5 Å². The van der Waals surface area contributed by atoms with Gasteiger partial charge in [0, 0.05) is 11.6 Å². The molecule has 2 aromatic carbocycles. The van der Waals surface area contributed by atoms with E-state index in [0.29, 0.717) is 15.8 Å². The summed E-state index contributed by atoms with van der Waals surface area (Å²) in [6.45, 7) is 1.41. The van der Waals surface area contributed by atoms with Gasteiger partial charge < -0.3 is 19.9 Å². The number of nitrogens with one attached hydrogen (secondary N) is 2. The highest BCUT2D eigenvalue weighted by molar-refractivity contribution is 6.35. The third-order valence-corrected chi connectivity index (χ3v) is 4.23. The van der Waals surface area contributed by atoms with Gasteiger partial charge in [-0.25, -0.2) is 4.79 Å². The van der Waals surface area contributed by atoms with Crippen LogP contribution in [0.2, 0.25) is 10.0 Å². The van der Waals surface area contributed by atoms with Crippen molar-refractivity contribution in [3.63, 3.8) is 0 Å². The monoisotopic (exact) mass is 424 g/mol. The second-order valence-electron chi connectivity index (χ2n) is 5.90. The summed E-state index contributed by atoms with van der Waals surface area (Å²) in [6, 6.07) is 12.8. The molecule has 0 amide bonds. The minimum absolute atomic E-state index is 0.300. The molecule has 0 unspecified atom stereocenters. The van der Waals surface area contributed by atoms with Crippen LogP contribution in [0.3, 0.4) is 0 Å². The third-order valence-electron chi connectivity index (χ3n) is 3.70. The van der Waals surface area contributed by atoms with Crippen LogP contribution in [-0.2, 0) is 11.2 Å². The maximum Gasteiger partial charge on any atom is 0.341 e. The molecule has 1 aliphatic heterocycles. The summed E-state index contributed by atoms with van der Waals surface area (Å²) >= 11 is 11.3. The smallest absolute Gasteiger partial charge is 0.341 e. The lowest BCUT2D eigenvalue weighted by atomic mass is 10.1. The molecule has 0 bridgehead atoms. The number of carboxylic acid groups (broad SMARTS) is 1. The number of hydrogen-bond acceptors (Lipinski definition) is 5. The lowest BCUT2D eigenvalue weighted by molar-refractivity contribution is -0.139. The Labute approximate surface area is 174 Å². The Hall–Kier alpha value is -2.41. The highest BCUT2D eigenvalue weighted by atomic mass is 35.5. The van der Waals surface area contributed by atoms with Crippen molar-refractivity contribution in [1.82, 2.24) is 10.6 Å². The van der Waals surface area contributed by atoms with E-state index >= 15 is 0 Å². The highest BCUT2D eigenvalue weighted by Crippen LogP contribution is 2.27. The molecule has 0 aliphatic carbocycles. The van der Waals surface area contributed by atoms with Crippen LogP contribution in [0, 0.1) is 0 Å². The van der Waals surface area contributed by atoms with Gasteiger partial charge in [-0.3, -0.25) is 5.32 Å². The predicted molar refractivity (Wildman–Crippen MR) is 110 cm³/mol. The SMILES string of the molecule is COc1cccc(CC2=CNCNC2)c1.O=C(O)COc1ccc(Cl)cc1Cl. The summed E-state index contributed by atoms with van der Waals surface area (Å²) in [5.41, 5.74) is 2.65. The molecule has 2 aromatic rings. The maximum absolute atomic E-state index is 10.2. The molecule has 6 nitrogen and oxygen atoms in total. The molecule has 1 aliphatic rings. The van der Waals surface area contributed by atoms with E-state index < -0.39 is 12.6 Å². The van der Waals surface area contributed by atoms with Crippen molar-refractivity contribution < 1.29 is 19.4 Å². The summed E-state index contributed by atoms with van der Waals surface area (Å²) in [4.78, 5) is 10.2. The van der Waals surface area contributed by atoms with E-state index in [9.17, 15) is 4.79 Å². The van der Waals surface area contributed by atoms with Gasteiger partial charge in [-0.05, 0) is 54.1 Å². The van der Waals surface area contributed by atoms with Gasteiger partial charge in [-0.2, -0.15) is 0 Å². The molecule has 0 saturated carbocycles. The summed E-state index contributed by atoms with van der Waals surface area (Å²) in [5.74, 6) is 0.185. The van der Waals surface area contributed by atoms with Crippen LogP contribution in [0.25, 0.3) is 0 Å². The Morgan fingerprint density at radius 1 is 1.21 bits per heavy atom. The van der Waals surface area contributed by atoms with E-state index in [4.69, 9.17) is 37.8 Å². The van der Waals surface area contributed by atoms with Gasteiger partial charge >= 0.3 is 5.97 Å². The fourth-order valence-electron chi connectivity index (χ4n) is 2.43. The van der Waals surface area contributed by atoms with E-state index in [0.717, 1.165) is 25.4 Å². The van der Waals surface area contributed by atoms with Gasteiger partial charge in [0.1, 0.15) is 11.5 Å². The van der Waals surface area contributed by atoms with E-state index in [2.05, 4.69) is 29.0 Å². The van der Waals surface area contributed by atoms with Crippen LogP contribution in [0.5, 0.6) is 11.5 Å². The number of methoxy groups -OCH3 is 1. The number of carbonyl (C=O) groups is 1. The molecule has 3 N–H and O–H groups in total. The van der Waals surface area contributed by atoms with Crippen LogP contribution in [0.1, 0.15) is 5.56 Å². The molecule has 0 aromatic heterocycles. The van der Waals surface area contributed by atoms with Crippen molar-refractivity contribution in [2.75, 3.05) is 26.9 Å². The molecule has 3 rings (SSSR count). The van der Waals surface area contributed by atoms with Crippen molar-refractivity contribution in [1.29, 1.82) is 0 Å². The second-order valence-corrected chi connectivity index (χ2v) is 6.74. The normalized spacial score (nSPS) is 12.8. The lowest BCUT2D eigenvalue weighted by Gasteiger charge is -2.15. The van der Waals surface area contributed by atoms with Crippen LogP contribution >= 0.6 is 23.2 Å². The molecule has 1 heterocycles. The summed E-state index contributed by atoms with van der Waals surface area (Å²) < 4.78 is 10.1. The van der Waals surface area contributed by atoms with Gasteiger partial charge in [0.2, 0.25) is 0 Å². The molecule has 8 heteroatoms. The number of benzene rings is 2. The zero-order valence-electron chi connectivity index (χ0n) is 15.4. The fraction of sp³-hybridized carbons (Fsp3) is 0.250. The molecule has 0 saturated heterocycles. The van der Waals surface area contributed by atoms with E-state index in [1.807, 2.05) is 12.1 Å². The number of rotatable bonds is 6. The topological polar surface area (TPSA) is 79.8 Å². The Bertz CT molecular complexity index is 828. The van der Waals surface area contributed by atoms with Crippen LogP contribution in [-0.4, -0.2) is 38.0 Å². The average molecular weight is 425 g/mol. The van der Waals surface area contributed by atoms with Crippen molar-refractivity contribution in [2.45, 2.75) is 6.42 Å². The quantitative estimate of drug-likeness (QED) is 0.655. The zero-order chi connectivity index (χ0) is 20.4. The Morgan fingerprint density at radius 3 is 2.68 bits per heavy atom. The molecule has 0 spiro atoms. The number of halogens is 2. The molecule has 150 valence electrons. The number of carboxylic acids is 1. The van der Waals surface area contributed by atoms with Crippen molar-refractivity contribution in [2.24, 2.45) is 0 Å².